The molecule has 0 aliphatic heterocycles. The molecule has 1 N–H and O–H groups in total. The first-order valence-corrected chi connectivity index (χ1v) is 10.7. The zero-order valence-electron chi connectivity index (χ0n) is 18.7. The van der Waals surface area contributed by atoms with Crippen molar-refractivity contribution in [2.45, 2.75) is 45.7 Å². The first kappa shape index (κ1) is 21.5. The minimum absolute atomic E-state index is 0.0168. The van der Waals surface area contributed by atoms with Crippen LogP contribution < -0.4 is 5.69 Å². The molecule has 4 aromatic rings. The number of H-pyrrole nitrogens is 1. The van der Waals surface area contributed by atoms with Crippen LogP contribution in [0.4, 0.5) is 0 Å². The van der Waals surface area contributed by atoms with Crippen LogP contribution in [0.25, 0.3) is 22.5 Å². The molecule has 32 heavy (non-hydrogen) atoms. The molecular formula is C25H28N6O. The van der Waals surface area contributed by atoms with Crippen molar-refractivity contribution < 1.29 is 0 Å². The van der Waals surface area contributed by atoms with E-state index in [1.54, 1.807) is 0 Å². The average Bonchev–Trinajstić information content (AvgIpc) is 3.42. The lowest BCUT2D eigenvalue weighted by Crippen LogP contribution is -2.34. The van der Waals surface area contributed by atoms with Gasteiger partial charge < -0.3 is 0 Å². The molecular weight excluding hydrogens is 400 g/mol. The van der Waals surface area contributed by atoms with E-state index in [0.717, 1.165) is 40.8 Å². The number of rotatable bonds is 7. The van der Waals surface area contributed by atoms with Crippen molar-refractivity contribution in [1.29, 1.82) is 0 Å². The smallest absolute Gasteiger partial charge is 0.294 e. The van der Waals surface area contributed by atoms with E-state index in [9.17, 15) is 4.79 Å². The molecule has 0 fully saturated rings. The van der Waals surface area contributed by atoms with E-state index in [0.29, 0.717) is 12.4 Å². The Hall–Kier alpha value is -3.74. The average molecular weight is 429 g/mol. The summed E-state index contributed by atoms with van der Waals surface area (Å²) in [6.45, 7) is 10.5. The fourth-order valence-electron chi connectivity index (χ4n) is 3.80. The zero-order valence-corrected chi connectivity index (χ0v) is 18.7. The molecule has 7 heteroatoms. The van der Waals surface area contributed by atoms with Crippen LogP contribution in [0.2, 0.25) is 0 Å². The molecule has 0 spiro atoms. The van der Waals surface area contributed by atoms with Gasteiger partial charge in [-0.2, -0.15) is 5.21 Å². The van der Waals surface area contributed by atoms with Gasteiger partial charge in [-0.05, 0) is 55.5 Å². The van der Waals surface area contributed by atoms with Crippen molar-refractivity contribution >= 4 is 0 Å². The summed E-state index contributed by atoms with van der Waals surface area (Å²) < 4.78 is 3.69. The summed E-state index contributed by atoms with van der Waals surface area (Å²) in [5.74, 6) is 0.562. The molecule has 0 atom stereocenters. The highest BCUT2D eigenvalue weighted by Gasteiger charge is 2.20. The monoisotopic (exact) mass is 428 g/mol. The highest BCUT2D eigenvalue weighted by atomic mass is 16.1. The van der Waals surface area contributed by atoms with Gasteiger partial charge in [0.1, 0.15) is 0 Å². The van der Waals surface area contributed by atoms with Gasteiger partial charge in [-0.3, -0.25) is 9.13 Å². The number of imidazole rings is 1. The van der Waals surface area contributed by atoms with Crippen LogP contribution in [-0.4, -0.2) is 29.8 Å². The molecule has 0 bridgehead atoms. The van der Waals surface area contributed by atoms with E-state index in [1.165, 1.54) is 0 Å². The van der Waals surface area contributed by atoms with E-state index in [-0.39, 0.29) is 11.2 Å². The molecule has 2 heterocycles. The molecule has 0 saturated carbocycles. The fraction of sp³-hybridized carbons (Fsp3) is 0.280. The molecule has 0 amide bonds. The zero-order chi connectivity index (χ0) is 22.7. The molecule has 2 aromatic carbocycles. The van der Waals surface area contributed by atoms with Gasteiger partial charge >= 0.3 is 5.69 Å². The van der Waals surface area contributed by atoms with Crippen LogP contribution in [0.1, 0.15) is 38.4 Å². The van der Waals surface area contributed by atoms with Crippen LogP contribution in [0.5, 0.6) is 0 Å². The van der Waals surface area contributed by atoms with Gasteiger partial charge in [0.15, 0.2) is 0 Å². The fourth-order valence-corrected chi connectivity index (χ4v) is 3.80. The van der Waals surface area contributed by atoms with Crippen LogP contribution in [0.3, 0.4) is 0 Å². The Labute approximate surface area is 187 Å². The summed E-state index contributed by atoms with van der Waals surface area (Å²) in [5, 5.41) is 14.4. The second-order valence-corrected chi connectivity index (χ2v) is 8.84. The maximum absolute atomic E-state index is 13.1. The predicted octanol–water partition coefficient (Wildman–Crippen LogP) is 4.42. The number of hydrogen-bond donors (Lipinski definition) is 1. The topological polar surface area (TPSA) is 81.4 Å². The lowest BCUT2D eigenvalue weighted by atomic mass is 9.98. The number of nitrogens with zero attached hydrogens (tertiary/aromatic N) is 5. The van der Waals surface area contributed by atoms with E-state index >= 15 is 0 Å². The standard InChI is InChI=1S/C25H28N6O/c1-5-6-9-20-17-31(25(2,3)4)24(32)30(20)16-18-12-14-19(15-13-18)21-10-7-8-11-22(21)23-26-28-29-27-23/h5,7-8,10-15,17H,1,6,9,16H2,2-4H3,(H,26,27,28,29). The van der Waals surface area contributed by atoms with Gasteiger partial charge in [0, 0.05) is 23.0 Å². The van der Waals surface area contributed by atoms with Crippen molar-refractivity contribution in [3.63, 3.8) is 0 Å². The number of allylic oxidation sites excluding steroid dienone is 1. The first-order chi connectivity index (χ1) is 15.4. The summed E-state index contributed by atoms with van der Waals surface area (Å²) in [4.78, 5) is 13.1. The van der Waals surface area contributed by atoms with Crippen LogP contribution in [-0.2, 0) is 18.5 Å². The third kappa shape index (κ3) is 4.32. The highest BCUT2D eigenvalue weighted by molar-refractivity contribution is 5.80. The normalized spacial score (nSPS) is 11.6. The molecule has 7 nitrogen and oxygen atoms in total. The third-order valence-electron chi connectivity index (χ3n) is 5.51. The maximum atomic E-state index is 13.1. The predicted molar refractivity (Wildman–Crippen MR) is 126 cm³/mol. The number of benzene rings is 2. The number of hydrogen-bond acceptors (Lipinski definition) is 4. The molecule has 4 rings (SSSR count). The molecule has 2 aromatic heterocycles. The molecule has 0 saturated heterocycles. The molecule has 0 unspecified atom stereocenters. The molecule has 0 aliphatic rings. The Morgan fingerprint density at radius 1 is 1.06 bits per heavy atom. The summed E-state index contributed by atoms with van der Waals surface area (Å²) in [6, 6.07) is 16.3. The van der Waals surface area contributed by atoms with Gasteiger partial charge in [0.05, 0.1) is 6.54 Å². The summed E-state index contributed by atoms with van der Waals surface area (Å²) in [5.41, 5.74) is 4.84. The summed E-state index contributed by atoms with van der Waals surface area (Å²) >= 11 is 0. The highest BCUT2D eigenvalue weighted by Crippen LogP contribution is 2.29. The van der Waals surface area contributed by atoms with Crippen LogP contribution >= 0.6 is 0 Å². The van der Waals surface area contributed by atoms with E-state index in [4.69, 9.17) is 0 Å². The van der Waals surface area contributed by atoms with Gasteiger partial charge in [-0.15, -0.1) is 16.8 Å². The number of aromatic nitrogens is 6. The van der Waals surface area contributed by atoms with Crippen LogP contribution in [0, 0.1) is 0 Å². The Bertz CT molecular complexity index is 1260. The molecule has 0 aliphatic carbocycles. The molecule has 164 valence electrons. The summed E-state index contributed by atoms with van der Waals surface area (Å²) in [7, 11) is 0. The Balaban J connectivity index is 1.65. The van der Waals surface area contributed by atoms with Gasteiger partial charge in [0.25, 0.3) is 0 Å². The SMILES string of the molecule is C=CCCc1cn(C(C)(C)C)c(=O)n1Cc1ccc(-c2ccccc2-c2nn[nH]n2)cc1. The second-order valence-electron chi connectivity index (χ2n) is 8.84. The number of nitrogens with one attached hydrogen (secondary N) is 1. The van der Waals surface area contributed by atoms with Crippen molar-refractivity contribution in [2.24, 2.45) is 0 Å². The minimum Gasteiger partial charge on any atom is -0.294 e. The summed E-state index contributed by atoms with van der Waals surface area (Å²) in [6.07, 6.45) is 5.50. The van der Waals surface area contributed by atoms with Crippen molar-refractivity contribution in [3.05, 3.63) is 89.1 Å². The lowest BCUT2D eigenvalue weighted by Gasteiger charge is -2.19. The number of aromatic amines is 1. The second kappa shape index (κ2) is 8.78. The van der Waals surface area contributed by atoms with Gasteiger partial charge in [-0.1, -0.05) is 54.6 Å². The Kier molecular flexibility index (Phi) is 5.90. The molecule has 0 radical (unpaired) electrons. The van der Waals surface area contributed by atoms with E-state index < -0.39 is 0 Å². The van der Waals surface area contributed by atoms with Crippen molar-refractivity contribution in [2.75, 3.05) is 0 Å². The Morgan fingerprint density at radius 2 is 1.78 bits per heavy atom. The van der Waals surface area contributed by atoms with E-state index in [2.05, 4.69) is 51.5 Å². The first-order valence-electron chi connectivity index (χ1n) is 10.7. The van der Waals surface area contributed by atoms with Crippen molar-refractivity contribution in [3.8, 4) is 22.5 Å². The van der Waals surface area contributed by atoms with Crippen LogP contribution in [0.15, 0.2) is 72.2 Å². The third-order valence-corrected chi connectivity index (χ3v) is 5.51. The lowest BCUT2D eigenvalue weighted by molar-refractivity contribution is 0.380. The maximum Gasteiger partial charge on any atom is 0.329 e. The minimum atomic E-state index is -0.270. The van der Waals surface area contributed by atoms with Crippen molar-refractivity contribution in [1.82, 2.24) is 29.8 Å². The van der Waals surface area contributed by atoms with E-state index in [1.807, 2.05) is 66.4 Å². The number of aryl methyl sites for hydroxylation is 1. The Morgan fingerprint density at radius 3 is 2.41 bits per heavy atom. The number of tetrazole rings is 1. The quantitative estimate of drug-likeness (QED) is 0.442. The van der Waals surface area contributed by atoms with Gasteiger partial charge in [-0.25, -0.2) is 4.79 Å². The van der Waals surface area contributed by atoms with Gasteiger partial charge in [0.2, 0.25) is 5.82 Å². The largest absolute Gasteiger partial charge is 0.329 e.